The molecular weight excluding hydrogens is 266 g/mol. The Bertz CT molecular complexity index is 645. The molecule has 2 aromatic carbocycles. The van der Waals surface area contributed by atoms with Gasteiger partial charge in [-0.2, -0.15) is 0 Å². The zero-order chi connectivity index (χ0) is 15.4. The van der Waals surface area contributed by atoms with Crippen molar-refractivity contribution in [3.05, 3.63) is 58.7 Å². The van der Waals surface area contributed by atoms with Gasteiger partial charge in [0, 0.05) is 5.69 Å². The number of esters is 1. The van der Waals surface area contributed by atoms with E-state index >= 15 is 0 Å². The molecule has 0 fully saturated rings. The van der Waals surface area contributed by atoms with Crippen LogP contribution in [0.15, 0.2) is 36.4 Å². The summed E-state index contributed by atoms with van der Waals surface area (Å²) >= 11 is 0. The summed E-state index contributed by atoms with van der Waals surface area (Å²) in [6.07, 6.45) is 0. The maximum absolute atomic E-state index is 11.8. The van der Waals surface area contributed by atoms with Gasteiger partial charge in [0.15, 0.2) is 0 Å². The number of hydrogen-bond acceptors (Lipinski definition) is 4. The number of anilines is 1. The third kappa shape index (κ3) is 3.16. The van der Waals surface area contributed by atoms with Crippen LogP contribution in [0.25, 0.3) is 0 Å². The van der Waals surface area contributed by atoms with E-state index in [0.717, 1.165) is 16.7 Å². The molecular formula is C17H19NO3. The highest BCUT2D eigenvalue weighted by atomic mass is 16.5. The van der Waals surface area contributed by atoms with Crippen molar-refractivity contribution in [2.75, 3.05) is 12.8 Å². The minimum absolute atomic E-state index is 0.270. The first-order chi connectivity index (χ1) is 10.0. The Kier molecular flexibility index (Phi) is 4.48. The summed E-state index contributed by atoms with van der Waals surface area (Å²) in [6.45, 7) is 4.45. The van der Waals surface area contributed by atoms with E-state index in [1.54, 1.807) is 18.2 Å². The summed E-state index contributed by atoms with van der Waals surface area (Å²) in [7, 11) is 1.32. The van der Waals surface area contributed by atoms with Crippen LogP contribution in [-0.2, 0) is 11.3 Å². The lowest BCUT2D eigenvalue weighted by molar-refractivity contribution is 0.0597. The van der Waals surface area contributed by atoms with Crippen LogP contribution >= 0.6 is 0 Å². The van der Waals surface area contributed by atoms with E-state index in [9.17, 15) is 4.79 Å². The van der Waals surface area contributed by atoms with Gasteiger partial charge in [-0.15, -0.1) is 0 Å². The van der Waals surface area contributed by atoms with Crippen LogP contribution in [0.4, 0.5) is 5.69 Å². The number of carbonyl (C=O) groups is 1. The number of benzene rings is 2. The zero-order valence-corrected chi connectivity index (χ0v) is 12.5. The number of nitrogen functional groups attached to an aromatic ring is 1. The van der Waals surface area contributed by atoms with Crippen molar-refractivity contribution in [3.8, 4) is 5.75 Å². The van der Waals surface area contributed by atoms with Crippen LogP contribution in [0.2, 0.25) is 0 Å². The smallest absolute Gasteiger partial charge is 0.343 e. The molecule has 2 N–H and O–H groups in total. The van der Waals surface area contributed by atoms with Crippen LogP contribution in [0.1, 0.15) is 27.0 Å². The Balaban J connectivity index is 2.29. The fourth-order valence-corrected chi connectivity index (χ4v) is 2.22. The second kappa shape index (κ2) is 6.31. The molecule has 0 atom stereocenters. The predicted octanol–water partition coefficient (Wildman–Crippen LogP) is 3.25. The average Bonchev–Trinajstić information content (AvgIpc) is 2.46. The molecule has 0 heterocycles. The van der Waals surface area contributed by atoms with Gasteiger partial charge in [0.1, 0.15) is 17.9 Å². The molecule has 2 rings (SSSR count). The first-order valence-electron chi connectivity index (χ1n) is 6.69. The summed E-state index contributed by atoms with van der Waals surface area (Å²) in [5.74, 6) is -0.0610. The Labute approximate surface area is 124 Å². The molecule has 4 heteroatoms. The Morgan fingerprint density at radius 3 is 2.33 bits per heavy atom. The van der Waals surface area contributed by atoms with Gasteiger partial charge in [0.2, 0.25) is 0 Å². The lowest BCUT2D eigenvalue weighted by Crippen LogP contribution is -2.10. The number of ether oxygens (including phenoxy) is 2. The van der Waals surface area contributed by atoms with Gasteiger partial charge >= 0.3 is 5.97 Å². The number of rotatable bonds is 4. The SMILES string of the molecule is COC(=O)c1c(N)cccc1OCc1c(C)cccc1C. The van der Waals surface area contributed by atoms with Gasteiger partial charge in [-0.25, -0.2) is 4.79 Å². The Hall–Kier alpha value is -2.49. The normalized spacial score (nSPS) is 10.2. The monoisotopic (exact) mass is 285 g/mol. The predicted molar refractivity (Wildman–Crippen MR) is 82.4 cm³/mol. The molecule has 0 aliphatic carbocycles. The minimum Gasteiger partial charge on any atom is -0.488 e. The molecule has 4 nitrogen and oxygen atoms in total. The lowest BCUT2D eigenvalue weighted by Gasteiger charge is -2.14. The molecule has 2 aromatic rings. The first kappa shape index (κ1) is 14.9. The standard InChI is InChI=1S/C17H19NO3/c1-11-6-4-7-12(2)13(11)10-21-15-9-5-8-14(18)16(15)17(19)20-3/h4-9H,10,18H2,1-3H3. The van der Waals surface area contributed by atoms with Crippen molar-refractivity contribution in [2.24, 2.45) is 0 Å². The molecule has 0 spiro atoms. The first-order valence-corrected chi connectivity index (χ1v) is 6.69. The molecule has 0 aliphatic heterocycles. The molecule has 0 aromatic heterocycles. The molecule has 0 aliphatic rings. The second-order valence-electron chi connectivity index (χ2n) is 4.87. The van der Waals surface area contributed by atoms with E-state index in [1.165, 1.54) is 7.11 Å². The molecule has 0 saturated carbocycles. The van der Waals surface area contributed by atoms with E-state index in [0.29, 0.717) is 18.0 Å². The minimum atomic E-state index is -0.496. The second-order valence-corrected chi connectivity index (χ2v) is 4.87. The van der Waals surface area contributed by atoms with E-state index in [2.05, 4.69) is 0 Å². The van der Waals surface area contributed by atoms with Crippen molar-refractivity contribution in [1.82, 2.24) is 0 Å². The van der Waals surface area contributed by atoms with Crippen molar-refractivity contribution in [3.63, 3.8) is 0 Å². The molecule has 0 amide bonds. The van der Waals surface area contributed by atoms with Crippen LogP contribution in [0, 0.1) is 13.8 Å². The van der Waals surface area contributed by atoms with Gasteiger partial charge in [-0.3, -0.25) is 0 Å². The van der Waals surface area contributed by atoms with Crippen LogP contribution in [-0.4, -0.2) is 13.1 Å². The highest BCUT2D eigenvalue weighted by Gasteiger charge is 2.17. The van der Waals surface area contributed by atoms with Gasteiger partial charge in [0.25, 0.3) is 0 Å². The summed E-state index contributed by atoms with van der Waals surface area (Å²) < 4.78 is 10.6. The highest BCUT2D eigenvalue weighted by molar-refractivity contribution is 5.98. The molecule has 0 bridgehead atoms. The number of methoxy groups -OCH3 is 1. The topological polar surface area (TPSA) is 61.5 Å². The third-order valence-electron chi connectivity index (χ3n) is 3.46. The van der Waals surface area contributed by atoms with E-state index in [1.807, 2.05) is 32.0 Å². The fraction of sp³-hybridized carbons (Fsp3) is 0.235. The number of hydrogen-bond donors (Lipinski definition) is 1. The lowest BCUT2D eigenvalue weighted by atomic mass is 10.0. The summed E-state index contributed by atoms with van der Waals surface area (Å²) in [5.41, 5.74) is 9.87. The molecule has 21 heavy (non-hydrogen) atoms. The number of nitrogens with two attached hydrogens (primary N) is 1. The highest BCUT2D eigenvalue weighted by Crippen LogP contribution is 2.26. The van der Waals surface area contributed by atoms with Crippen molar-refractivity contribution in [1.29, 1.82) is 0 Å². The summed E-state index contributed by atoms with van der Waals surface area (Å²) in [4.78, 5) is 11.8. The molecule has 0 saturated heterocycles. The van der Waals surface area contributed by atoms with Crippen LogP contribution in [0.3, 0.4) is 0 Å². The molecule has 0 unspecified atom stereocenters. The van der Waals surface area contributed by atoms with Crippen molar-refractivity contribution < 1.29 is 14.3 Å². The summed E-state index contributed by atoms with van der Waals surface area (Å²) in [5, 5.41) is 0. The third-order valence-corrected chi connectivity index (χ3v) is 3.46. The van der Waals surface area contributed by atoms with Crippen LogP contribution < -0.4 is 10.5 Å². The van der Waals surface area contributed by atoms with Crippen molar-refractivity contribution in [2.45, 2.75) is 20.5 Å². The Morgan fingerprint density at radius 2 is 1.71 bits per heavy atom. The quantitative estimate of drug-likeness (QED) is 0.692. The zero-order valence-electron chi connectivity index (χ0n) is 12.5. The fourth-order valence-electron chi connectivity index (χ4n) is 2.22. The van der Waals surface area contributed by atoms with Gasteiger partial charge < -0.3 is 15.2 Å². The van der Waals surface area contributed by atoms with E-state index < -0.39 is 5.97 Å². The molecule has 0 radical (unpaired) electrons. The Morgan fingerprint density at radius 1 is 1.10 bits per heavy atom. The van der Waals surface area contributed by atoms with E-state index in [4.69, 9.17) is 15.2 Å². The van der Waals surface area contributed by atoms with Crippen molar-refractivity contribution >= 4 is 11.7 Å². The number of carbonyl (C=O) groups excluding carboxylic acids is 1. The number of aryl methyl sites for hydroxylation is 2. The molecule has 110 valence electrons. The largest absolute Gasteiger partial charge is 0.488 e. The van der Waals surface area contributed by atoms with Crippen LogP contribution in [0.5, 0.6) is 5.75 Å². The van der Waals surface area contributed by atoms with E-state index in [-0.39, 0.29) is 5.56 Å². The van der Waals surface area contributed by atoms with Gasteiger partial charge in [0.05, 0.1) is 7.11 Å². The summed E-state index contributed by atoms with van der Waals surface area (Å²) in [6, 6.07) is 11.2. The maximum atomic E-state index is 11.8. The average molecular weight is 285 g/mol. The van der Waals surface area contributed by atoms with Gasteiger partial charge in [-0.05, 0) is 42.7 Å². The maximum Gasteiger partial charge on any atom is 0.343 e. The van der Waals surface area contributed by atoms with Gasteiger partial charge in [-0.1, -0.05) is 24.3 Å².